The molecule has 0 aromatic heterocycles. The molecule has 0 fully saturated rings. The molecule has 0 aliphatic carbocycles. The summed E-state index contributed by atoms with van der Waals surface area (Å²) in [6, 6.07) is 9.45. The van der Waals surface area contributed by atoms with Crippen LogP contribution in [0.25, 0.3) is 10.8 Å². The Morgan fingerprint density at radius 1 is 1.10 bits per heavy atom. The summed E-state index contributed by atoms with van der Waals surface area (Å²) in [6.07, 6.45) is 1.23. The van der Waals surface area contributed by atoms with E-state index < -0.39 is 0 Å². The highest BCUT2D eigenvalue weighted by Gasteiger charge is 2.17. The topological polar surface area (TPSA) is 44.8 Å². The van der Waals surface area contributed by atoms with Crippen LogP contribution in [0.1, 0.15) is 26.7 Å². The third-order valence-corrected chi connectivity index (χ3v) is 3.11. The van der Waals surface area contributed by atoms with Gasteiger partial charge in [-0.15, -0.1) is 0 Å². The molecule has 4 heteroatoms. The summed E-state index contributed by atoms with van der Waals surface area (Å²) in [5.74, 6) is 1.40. The predicted molar refractivity (Wildman–Crippen MR) is 82.2 cm³/mol. The molecule has 0 bridgehead atoms. The van der Waals surface area contributed by atoms with Crippen molar-refractivity contribution >= 4 is 16.7 Å². The molecule has 2 aromatic carbocycles. The molecule has 0 atom stereocenters. The zero-order valence-corrected chi connectivity index (χ0v) is 12.6. The first-order chi connectivity index (χ1) is 10.2. The second-order valence-corrected chi connectivity index (χ2v) is 4.63. The van der Waals surface area contributed by atoms with Gasteiger partial charge in [0, 0.05) is 23.3 Å². The zero-order chi connectivity index (χ0) is 15.2. The van der Waals surface area contributed by atoms with Crippen molar-refractivity contribution in [3.05, 3.63) is 30.3 Å². The van der Waals surface area contributed by atoms with Gasteiger partial charge < -0.3 is 14.2 Å². The number of ether oxygens (including phenoxy) is 3. The number of carbonyl (C=O) groups is 1. The number of hydrogen-bond donors (Lipinski definition) is 0. The van der Waals surface area contributed by atoms with Crippen LogP contribution >= 0.6 is 0 Å². The first-order valence-electron chi connectivity index (χ1n) is 7.14. The number of fused-ring (bicyclic) bond motifs is 1. The van der Waals surface area contributed by atoms with Gasteiger partial charge in [-0.25, -0.2) is 0 Å². The van der Waals surface area contributed by atoms with Crippen molar-refractivity contribution < 1.29 is 19.0 Å². The molecule has 21 heavy (non-hydrogen) atoms. The number of carbonyl (C=O) groups excluding carboxylic acids is 1. The van der Waals surface area contributed by atoms with E-state index in [-0.39, 0.29) is 5.97 Å². The number of rotatable bonds is 6. The van der Waals surface area contributed by atoms with E-state index in [1.54, 1.807) is 20.1 Å². The van der Waals surface area contributed by atoms with E-state index in [1.165, 1.54) is 0 Å². The van der Waals surface area contributed by atoms with E-state index in [1.807, 2.05) is 24.3 Å². The predicted octanol–water partition coefficient (Wildman–Crippen LogP) is 3.95. The Balaban J connectivity index is 2.59. The molecule has 0 unspecified atom stereocenters. The molecule has 112 valence electrons. The van der Waals surface area contributed by atoms with Crippen LogP contribution in [0, 0.1) is 0 Å². The molecule has 2 rings (SSSR count). The second kappa shape index (κ2) is 6.97. The summed E-state index contributed by atoms with van der Waals surface area (Å²) >= 11 is 0. The third kappa shape index (κ3) is 3.27. The summed E-state index contributed by atoms with van der Waals surface area (Å²) < 4.78 is 16.6. The maximum Gasteiger partial charge on any atom is 0.311 e. The van der Waals surface area contributed by atoms with Crippen LogP contribution in [-0.2, 0) is 4.79 Å². The smallest absolute Gasteiger partial charge is 0.311 e. The Kier molecular flexibility index (Phi) is 5.04. The van der Waals surface area contributed by atoms with E-state index in [0.717, 1.165) is 22.9 Å². The van der Waals surface area contributed by atoms with Gasteiger partial charge in [-0.2, -0.15) is 0 Å². The summed E-state index contributed by atoms with van der Waals surface area (Å²) in [5.41, 5.74) is 0. The molecule has 0 heterocycles. The molecule has 0 spiro atoms. The monoisotopic (exact) mass is 288 g/mol. The standard InChI is InChI=1S/C17H20O4/c1-4-10-20-14-11-15(19-3)17(21-16(18)5-2)13-9-7-6-8-12(13)14/h6-9,11H,4-5,10H2,1-3H3. The van der Waals surface area contributed by atoms with Gasteiger partial charge in [0.1, 0.15) is 5.75 Å². The SMILES string of the molecule is CCCOc1cc(OC)c(OC(=O)CC)c2ccccc12. The van der Waals surface area contributed by atoms with Crippen molar-refractivity contribution in [1.82, 2.24) is 0 Å². The molecule has 0 amide bonds. The van der Waals surface area contributed by atoms with Crippen LogP contribution < -0.4 is 14.2 Å². The van der Waals surface area contributed by atoms with E-state index in [4.69, 9.17) is 14.2 Å². The summed E-state index contributed by atoms with van der Waals surface area (Å²) in [4.78, 5) is 11.6. The maximum atomic E-state index is 11.6. The molecule has 4 nitrogen and oxygen atoms in total. The van der Waals surface area contributed by atoms with E-state index >= 15 is 0 Å². The molecule has 0 radical (unpaired) electrons. The molecule has 0 aliphatic rings. The first kappa shape index (κ1) is 15.2. The van der Waals surface area contributed by atoms with Crippen molar-refractivity contribution in [3.8, 4) is 17.2 Å². The molecular formula is C17H20O4. The molecule has 2 aromatic rings. The minimum absolute atomic E-state index is 0.291. The van der Waals surface area contributed by atoms with Gasteiger partial charge in [0.25, 0.3) is 0 Å². The zero-order valence-electron chi connectivity index (χ0n) is 12.6. The van der Waals surface area contributed by atoms with Crippen molar-refractivity contribution in [2.24, 2.45) is 0 Å². The normalized spacial score (nSPS) is 10.4. The fourth-order valence-corrected chi connectivity index (χ4v) is 2.07. The highest BCUT2D eigenvalue weighted by molar-refractivity contribution is 5.97. The summed E-state index contributed by atoms with van der Waals surface area (Å²) in [7, 11) is 1.55. The minimum atomic E-state index is -0.291. The Morgan fingerprint density at radius 2 is 1.81 bits per heavy atom. The van der Waals surface area contributed by atoms with Crippen molar-refractivity contribution in [2.45, 2.75) is 26.7 Å². The average Bonchev–Trinajstić information content (AvgIpc) is 2.53. The Hall–Kier alpha value is -2.23. The number of benzene rings is 2. The van der Waals surface area contributed by atoms with Crippen LogP contribution in [0.15, 0.2) is 30.3 Å². The summed E-state index contributed by atoms with van der Waals surface area (Å²) in [6.45, 7) is 4.44. The highest BCUT2D eigenvalue weighted by Crippen LogP contribution is 2.41. The lowest BCUT2D eigenvalue weighted by atomic mass is 10.1. The second-order valence-electron chi connectivity index (χ2n) is 4.63. The number of methoxy groups -OCH3 is 1. The van der Waals surface area contributed by atoms with Crippen LogP contribution in [-0.4, -0.2) is 19.7 Å². The van der Waals surface area contributed by atoms with Crippen molar-refractivity contribution in [1.29, 1.82) is 0 Å². The largest absolute Gasteiger partial charge is 0.493 e. The number of hydrogen-bond acceptors (Lipinski definition) is 4. The van der Waals surface area contributed by atoms with Crippen LogP contribution in [0.5, 0.6) is 17.2 Å². The van der Waals surface area contributed by atoms with E-state index in [9.17, 15) is 4.79 Å². The lowest BCUT2D eigenvalue weighted by Gasteiger charge is -2.15. The van der Waals surface area contributed by atoms with E-state index in [2.05, 4.69) is 6.92 Å². The van der Waals surface area contributed by atoms with Gasteiger partial charge in [0.05, 0.1) is 13.7 Å². The Labute approximate surface area is 124 Å². The molecule has 0 N–H and O–H groups in total. The first-order valence-corrected chi connectivity index (χ1v) is 7.14. The van der Waals surface area contributed by atoms with Crippen molar-refractivity contribution in [2.75, 3.05) is 13.7 Å². The molecule has 0 aliphatic heterocycles. The van der Waals surface area contributed by atoms with Gasteiger partial charge in [0.15, 0.2) is 11.5 Å². The quantitative estimate of drug-likeness (QED) is 0.596. The Bertz CT molecular complexity index is 634. The third-order valence-electron chi connectivity index (χ3n) is 3.11. The van der Waals surface area contributed by atoms with Crippen molar-refractivity contribution in [3.63, 3.8) is 0 Å². The van der Waals surface area contributed by atoms with E-state index in [0.29, 0.717) is 24.5 Å². The maximum absolute atomic E-state index is 11.6. The Morgan fingerprint density at radius 3 is 2.43 bits per heavy atom. The van der Waals surface area contributed by atoms with Crippen LogP contribution in [0.2, 0.25) is 0 Å². The number of esters is 1. The van der Waals surface area contributed by atoms with Gasteiger partial charge >= 0.3 is 5.97 Å². The van der Waals surface area contributed by atoms with Gasteiger partial charge in [-0.05, 0) is 6.42 Å². The van der Waals surface area contributed by atoms with Gasteiger partial charge in [-0.1, -0.05) is 38.1 Å². The minimum Gasteiger partial charge on any atom is -0.493 e. The average molecular weight is 288 g/mol. The van der Waals surface area contributed by atoms with Crippen LogP contribution in [0.4, 0.5) is 0 Å². The lowest BCUT2D eigenvalue weighted by Crippen LogP contribution is -2.07. The fourth-order valence-electron chi connectivity index (χ4n) is 2.07. The van der Waals surface area contributed by atoms with Crippen LogP contribution in [0.3, 0.4) is 0 Å². The lowest BCUT2D eigenvalue weighted by molar-refractivity contribution is -0.134. The highest BCUT2D eigenvalue weighted by atomic mass is 16.6. The van der Waals surface area contributed by atoms with Gasteiger partial charge in [0.2, 0.25) is 0 Å². The molecule has 0 saturated carbocycles. The molecular weight excluding hydrogens is 268 g/mol. The molecule has 0 saturated heterocycles. The van der Waals surface area contributed by atoms with Gasteiger partial charge in [-0.3, -0.25) is 4.79 Å². The fraction of sp³-hybridized carbons (Fsp3) is 0.353. The summed E-state index contributed by atoms with van der Waals surface area (Å²) in [5, 5.41) is 1.72.